The second kappa shape index (κ2) is 6.98. The molecule has 25 heavy (non-hydrogen) atoms. The van der Waals surface area contributed by atoms with E-state index in [1.165, 1.54) is 5.56 Å². The Balaban J connectivity index is 1.93. The summed E-state index contributed by atoms with van der Waals surface area (Å²) in [6.07, 6.45) is 6.83. The topological polar surface area (TPSA) is 42.7 Å². The number of halogens is 3. The number of benzene rings is 1. The van der Waals surface area contributed by atoms with Crippen LogP contribution in [-0.2, 0) is 6.42 Å². The molecular weight excluding hydrogens is 423 g/mol. The minimum atomic E-state index is 0.589. The van der Waals surface area contributed by atoms with Crippen LogP contribution < -0.4 is 5.32 Å². The molecule has 1 aliphatic rings. The highest BCUT2D eigenvalue weighted by Crippen LogP contribution is 2.35. The van der Waals surface area contributed by atoms with Gasteiger partial charge in [-0.2, -0.15) is 5.10 Å². The lowest BCUT2D eigenvalue weighted by atomic mass is 10.1. The van der Waals surface area contributed by atoms with Crippen molar-refractivity contribution in [3.8, 4) is 16.9 Å². The molecule has 0 saturated heterocycles. The van der Waals surface area contributed by atoms with E-state index in [4.69, 9.17) is 28.3 Å². The van der Waals surface area contributed by atoms with Gasteiger partial charge in [0.15, 0.2) is 0 Å². The van der Waals surface area contributed by atoms with Crippen molar-refractivity contribution in [1.29, 1.82) is 0 Å². The molecule has 1 aromatic carbocycles. The molecule has 0 unspecified atom stereocenters. The first-order valence-corrected chi connectivity index (χ1v) is 9.60. The lowest BCUT2D eigenvalue weighted by Gasteiger charge is -2.10. The molecule has 0 saturated carbocycles. The van der Waals surface area contributed by atoms with Gasteiger partial charge in [0.2, 0.25) is 0 Å². The van der Waals surface area contributed by atoms with Crippen molar-refractivity contribution in [2.24, 2.45) is 0 Å². The van der Waals surface area contributed by atoms with Crippen LogP contribution in [0.25, 0.3) is 16.9 Å². The molecule has 0 spiro atoms. The van der Waals surface area contributed by atoms with Crippen LogP contribution >= 0.6 is 39.1 Å². The van der Waals surface area contributed by atoms with Gasteiger partial charge in [0, 0.05) is 44.6 Å². The molecule has 0 amide bonds. The number of nitrogens with zero attached hydrogens (tertiary/aromatic N) is 3. The summed E-state index contributed by atoms with van der Waals surface area (Å²) >= 11 is 15.9. The van der Waals surface area contributed by atoms with Crippen molar-refractivity contribution in [3.05, 3.63) is 56.7 Å². The first-order chi connectivity index (χ1) is 12.1. The second-order valence-corrected chi connectivity index (χ2v) is 7.78. The van der Waals surface area contributed by atoms with Gasteiger partial charge in [-0.1, -0.05) is 23.2 Å². The van der Waals surface area contributed by atoms with Gasteiger partial charge in [0.25, 0.3) is 0 Å². The molecule has 0 aliphatic carbocycles. The number of hydrogen-bond donors (Lipinski definition) is 1. The van der Waals surface area contributed by atoms with E-state index in [1.54, 1.807) is 12.3 Å². The zero-order valence-electron chi connectivity index (χ0n) is 13.3. The molecule has 3 aromatic rings. The van der Waals surface area contributed by atoms with Gasteiger partial charge in [-0.15, -0.1) is 0 Å². The average molecular weight is 438 g/mol. The molecule has 4 rings (SSSR count). The van der Waals surface area contributed by atoms with E-state index in [1.807, 2.05) is 29.1 Å². The van der Waals surface area contributed by atoms with E-state index >= 15 is 0 Å². The molecule has 1 aliphatic heterocycles. The molecule has 1 N–H and O–H groups in total. The van der Waals surface area contributed by atoms with Crippen LogP contribution in [0.4, 0.5) is 5.82 Å². The van der Waals surface area contributed by atoms with Crippen molar-refractivity contribution < 1.29 is 0 Å². The smallest absolute Gasteiger partial charge is 0.133 e. The SMILES string of the molecule is Clc1cc(Cl)cc(-n2nc(-c3cncc(Br)c3)c3c2NCCCC3)c1. The Labute approximate surface area is 164 Å². The van der Waals surface area contributed by atoms with Gasteiger partial charge >= 0.3 is 0 Å². The number of hydrogen-bond acceptors (Lipinski definition) is 3. The Kier molecular flexibility index (Phi) is 4.71. The van der Waals surface area contributed by atoms with Crippen LogP contribution in [0.5, 0.6) is 0 Å². The van der Waals surface area contributed by atoms with Gasteiger partial charge in [-0.25, -0.2) is 4.68 Å². The van der Waals surface area contributed by atoms with Gasteiger partial charge < -0.3 is 5.32 Å². The zero-order chi connectivity index (χ0) is 17.4. The molecule has 0 radical (unpaired) electrons. The predicted molar refractivity (Wildman–Crippen MR) is 106 cm³/mol. The van der Waals surface area contributed by atoms with Crippen LogP contribution in [0.15, 0.2) is 41.1 Å². The Morgan fingerprint density at radius 2 is 1.84 bits per heavy atom. The third-order valence-corrected chi connectivity index (χ3v) is 5.07. The molecule has 0 atom stereocenters. The minimum Gasteiger partial charge on any atom is -0.370 e. The maximum atomic E-state index is 6.20. The van der Waals surface area contributed by atoms with E-state index in [9.17, 15) is 0 Å². The number of aromatic nitrogens is 3. The van der Waals surface area contributed by atoms with Crippen molar-refractivity contribution in [2.75, 3.05) is 11.9 Å². The van der Waals surface area contributed by atoms with E-state index in [0.717, 1.165) is 53.0 Å². The van der Waals surface area contributed by atoms with Crippen molar-refractivity contribution >= 4 is 44.9 Å². The Morgan fingerprint density at radius 1 is 1.04 bits per heavy atom. The third kappa shape index (κ3) is 3.41. The highest BCUT2D eigenvalue weighted by molar-refractivity contribution is 9.10. The van der Waals surface area contributed by atoms with Gasteiger partial charge in [0.05, 0.1) is 11.4 Å². The van der Waals surface area contributed by atoms with Crippen LogP contribution in [0, 0.1) is 0 Å². The Morgan fingerprint density at radius 3 is 2.60 bits per heavy atom. The van der Waals surface area contributed by atoms with E-state index in [0.29, 0.717) is 10.0 Å². The van der Waals surface area contributed by atoms with Crippen LogP contribution in [0.2, 0.25) is 10.0 Å². The fourth-order valence-corrected chi connectivity index (χ4v) is 4.00. The fourth-order valence-electron chi connectivity index (χ4n) is 3.12. The summed E-state index contributed by atoms with van der Waals surface area (Å²) in [5, 5.41) is 9.57. The molecule has 128 valence electrons. The lowest BCUT2D eigenvalue weighted by Crippen LogP contribution is -2.07. The van der Waals surface area contributed by atoms with Crippen molar-refractivity contribution in [1.82, 2.24) is 14.8 Å². The summed E-state index contributed by atoms with van der Waals surface area (Å²) in [7, 11) is 0. The second-order valence-electron chi connectivity index (χ2n) is 5.99. The van der Waals surface area contributed by atoms with E-state index in [-0.39, 0.29) is 0 Å². The predicted octanol–water partition coefficient (Wildman–Crippen LogP) is 5.75. The number of nitrogens with one attached hydrogen (secondary N) is 1. The molecule has 0 bridgehead atoms. The number of pyridine rings is 1. The van der Waals surface area contributed by atoms with Crippen molar-refractivity contribution in [2.45, 2.75) is 19.3 Å². The Bertz CT molecular complexity index is 919. The standard InChI is InChI=1S/C18H15BrCl2N4/c19-12-5-11(9-22-10-12)17-16-3-1-2-4-23-18(16)25(24-17)15-7-13(20)6-14(21)8-15/h5-10,23H,1-4H2. The first-order valence-electron chi connectivity index (χ1n) is 8.05. The number of anilines is 1. The molecule has 0 fully saturated rings. The third-order valence-electron chi connectivity index (χ3n) is 4.20. The summed E-state index contributed by atoms with van der Waals surface area (Å²) in [4.78, 5) is 4.28. The summed E-state index contributed by atoms with van der Waals surface area (Å²) in [6.45, 7) is 0.920. The largest absolute Gasteiger partial charge is 0.370 e. The zero-order valence-corrected chi connectivity index (χ0v) is 16.4. The molecule has 4 nitrogen and oxygen atoms in total. The van der Waals surface area contributed by atoms with Crippen LogP contribution in [0.1, 0.15) is 18.4 Å². The highest BCUT2D eigenvalue weighted by atomic mass is 79.9. The molecule has 3 heterocycles. The van der Waals surface area contributed by atoms with Gasteiger partial charge in [-0.05, 0) is 59.5 Å². The molecular formula is C18H15BrCl2N4. The van der Waals surface area contributed by atoms with Crippen LogP contribution in [0.3, 0.4) is 0 Å². The van der Waals surface area contributed by atoms with Crippen molar-refractivity contribution in [3.63, 3.8) is 0 Å². The van der Waals surface area contributed by atoms with Crippen LogP contribution in [-0.4, -0.2) is 21.3 Å². The maximum Gasteiger partial charge on any atom is 0.133 e. The van der Waals surface area contributed by atoms with E-state index in [2.05, 4.69) is 26.2 Å². The van der Waals surface area contributed by atoms with E-state index < -0.39 is 0 Å². The minimum absolute atomic E-state index is 0.589. The average Bonchev–Trinajstić information content (AvgIpc) is 2.76. The quantitative estimate of drug-likeness (QED) is 0.554. The highest BCUT2D eigenvalue weighted by Gasteiger charge is 2.22. The summed E-state index contributed by atoms with van der Waals surface area (Å²) in [5.74, 6) is 1.01. The number of fused-ring (bicyclic) bond motifs is 1. The fraction of sp³-hybridized carbons (Fsp3) is 0.222. The summed E-state index contributed by atoms with van der Waals surface area (Å²) in [5.41, 5.74) is 3.97. The monoisotopic (exact) mass is 436 g/mol. The summed E-state index contributed by atoms with van der Waals surface area (Å²) in [6, 6.07) is 7.50. The molecule has 2 aromatic heterocycles. The van der Waals surface area contributed by atoms with Gasteiger partial charge in [0.1, 0.15) is 5.82 Å². The lowest BCUT2D eigenvalue weighted by molar-refractivity contribution is 0.780. The first kappa shape index (κ1) is 16.9. The summed E-state index contributed by atoms with van der Waals surface area (Å²) < 4.78 is 2.83. The maximum absolute atomic E-state index is 6.20. The van der Waals surface area contributed by atoms with Gasteiger partial charge in [-0.3, -0.25) is 4.98 Å². The molecule has 7 heteroatoms. The normalized spacial score (nSPS) is 13.9. The Hall–Kier alpha value is -1.56. The number of rotatable bonds is 2.